The number of fused-ring (bicyclic) bond motifs is 2. The van der Waals surface area contributed by atoms with Crippen molar-refractivity contribution in [3.05, 3.63) is 59.2 Å². The summed E-state index contributed by atoms with van der Waals surface area (Å²) in [5.74, 6) is 1.61. The second-order valence-electron chi connectivity index (χ2n) is 6.34. The molecule has 1 N–H and O–H groups in total. The summed E-state index contributed by atoms with van der Waals surface area (Å²) < 4.78 is 11.1. The molecule has 1 aliphatic carbocycles. The van der Waals surface area contributed by atoms with E-state index < -0.39 is 0 Å². The third-order valence-corrected chi connectivity index (χ3v) is 4.76. The molecule has 0 saturated heterocycles. The number of hydrogen-bond acceptors (Lipinski definition) is 3. The van der Waals surface area contributed by atoms with Crippen LogP contribution in [0.2, 0.25) is 0 Å². The molecule has 2 aromatic rings. The highest BCUT2D eigenvalue weighted by molar-refractivity contribution is 5.84. The predicted octanol–water partition coefficient (Wildman–Crippen LogP) is 3.19. The zero-order valence-electron chi connectivity index (χ0n) is 13.6. The number of hydrogen-bond donors (Lipinski definition) is 1. The Morgan fingerprint density at radius 1 is 1.08 bits per heavy atom. The van der Waals surface area contributed by atoms with Crippen LogP contribution in [0.5, 0.6) is 11.5 Å². The van der Waals surface area contributed by atoms with Gasteiger partial charge in [0.05, 0.1) is 5.92 Å². The lowest BCUT2D eigenvalue weighted by atomic mass is 9.82. The molecule has 0 radical (unpaired) electrons. The average Bonchev–Trinajstić information content (AvgIpc) is 2.65. The van der Waals surface area contributed by atoms with Gasteiger partial charge in [-0.1, -0.05) is 30.3 Å². The van der Waals surface area contributed by atoms with Gasteiger partial charge in [0.15, 0.2) is 11.5 Å². The summed E-state index contributed by atoms with van der Waals surface area (Å²) in [5.41, 5.74) is 3.52. The van der Waals surface area contributed by atoms with Crippen LogP contribution >= 0.6 is 0 Å². The topological polar surface area (TPSA) is 47.6 Å². The van der Waals surface area contributed by atoms with Gasteiger partial charge in [-0.15, -0.1) is 0 Å². The molecule has 4 heteroatoms. The van der Waals surface area contributed by atoms with Crippen molar-refractivity contribution < 1.29 is 14.3 Å². The zero-order valence-corrected chi connectivity index (χ0v) is 13.6. The molecular formula is C20H21NO3. The normalized spacial score (nSPS) is 18.6. The molecule has 0 fully saturated rings. The molecule has 1 heterocycles. The van der Waals surface area contributed by atoms with E-state index >= 15 is 0 Å². The van der Waals surface area contributed by atoms with Crippen molar-refractivity contribution in [1.82, 2.24) is 5.32 Å². The molecule has 124 valence electrons. The molecule has 2 aromatic carbocycles. The van der Waals surface area contributed by atoms with Crippen molar-refractivity contribution in [3.63, 3.8) is 0 Å². The van der Waals surface area contributed by atoms with Gasteiger partial charge >= 0.3 is 0 Å². The maximum atomic E-state index is 12.7. The Morgan fingerprint density at radius 2 is 1.92 bits per heavy atom. The summed E-state index contributed by atoms with van der Waals surface area (Å²) in [5, 5.41) is 3.08. The Morgan fingerprint density at radius 3 is 2.83 bits per heavy atom. The maximum absolute atomic E-state index is 12.7. The lowest BCUT2D eigenvalue weighted by Crippen LogP contribution is -2.31. The minimum absolute atomic E-state index is 0.0350. The van der Waals surface area contributed by atoms with Gasteiger partial charge in [-0.3, -0.25) is 4.79 Å². The molecule has 0 saturated carbocycles. The first-order valence-corrected chi connectivity index (χ1v) is 8.55. The number of aryl methyl sites for hydroxylation is 1. The molecule has 1 unspecified atom stereocenters. The Bertz CT molecular complexity index is 756. The van der Waals surface area contributed by atoms with Crippen molar-refractivity contribution in [1.29, 1.82) is 0 Å². The Labute approximate surface area is 141 Å². The first-order valence-electron chi connectivity index (χ1n) is 8.55. The van der Waals surface area contributed by atoms with Crippen molar-refractivity contribution in [3.8, 4) is 11.5 Å². The first kappa shape index (κ1) is 15.1. The predicted molar refractivity (Wildman–Crippen MR) is 91.4 cm³/mol. The second kappa shape index (κ2) is 6.56. The molecule has 1 atom stereocenters. The number of carbonyl (C=O) groups is 1. The number of nitrogens with one attached hydrogen (secondary N) is 1. The molecule has 0 bridgehead atoms. The van der Waals surface area contributed by atoms with Crippen molar-refractivity contribution >= 4 is 5.91 Å². The SMILES string of the molecule is O=C(NCc1ccc2c(c1)OCCO2)C1CCCc2ccccc21. The lowest BCUT2D eigenvalue weighted by molar-refractivity contribution is -0.123. The van der Waals surface area contributed by atoms with E-state index in [0.717, 1.165) is 36.3 Å². The Kier molecular flexibility index (Phi) is 4.11. The monoisotopic (exact) mass is 323 g/mol. The van der Waals surface area contributed by atoms with Crippen molar-refractivity contribution in [2.75, 3.05) is 13.2 Å². The maximum Gasteiger partial charge on any atom is 0.227 e. The molecular weight excluding hydrogens is 302 g/mol. The van der Waals surface area contributed by atoms with E-state index in [9.17, 15) is 4.79 Å². The largest absolute Gasteiger partial charge is 0.486 e. The van der Waals surface area contributed by atoms with E-state index in [1.165, 1.54) is 11.1 Å². The van der Waals surface area contributed by atoms with E-state index in [-0.39, 0.29) is 11.8 Å². The minimum Gasteiger partial charge on any atom is -0.486 e. The highest BCUT2D eigenvalue weighted by atomic mass is 16.6. The van der Waals surface area contributed by atoms with Crippen LogP contribution in [0.25, 0.3) is 0 Å². The smallest absolute Gasteiger partial charge is 0.227 e. The fourth-order valence-electron chi connectivity index (χ4n) is 3.54. The number of rotatable bonds is 3. The van der Waals surface area contributed by atoms with Crippen LogP contribution in [-0.2, 0) is 17.8 Å². The van der Waals surface area contributed by atoms with Gasteiger partial charge in [-0.2, -0.15) is 0 Å². The van der Waals surface area contributed by atoms with Gasteiger partial charge in [-0.25, -0.2) is 0 Å². The molecule has 1 aliphatic heterocycles. The zero-order chi connectivity index (χ0) is 16.4. The van der Waals surface area contributed by atoms with Crippen LogP contribution in [0.4, 0.5) is 0 Å². The quantitative estimate of drug-likeness (QED) is 0.943. The average molecular weight is 323 g/mol. The standard InChI is InChI=1S/C20H21NO3/c22-20(17-7-3-5-15-4-1-2-6-16(15)17)21-13-14-8-9-18-19(12-14)24-11-10-23-18/h1-2,4,6,8-9,12,17H,3,5,7,10-11,13H2,(H,21,22). The highest BCUT2D eigenvalue weighted by Gasteiger charge is 2.25. The lowest BCUT2D eigenvalue weighted by Gasteiger charge is -2.24. The van der Waals surface area contributed by atoms with Crippen molar-refractivity contribution in [2.24, 2.45) is 0 Å². The fraction of sp³-hybridized carbons (Fsp3) is 0.350. The summed E-state index contributed by atoms with van der Waals surface area (Å²) in [4.78, 5) is 12.7. The van der Waals surface area contributed by atoms with Crippen LogP contribution in [0.15, 0.2) is 42.5 Å². The summed E-state index contributed by atoms with van der Waals surface area (Å²) >= 11 is 0. The van der Waals surface area contributed by atoms with Gasteiger partial charge in [0.25, 0.3) is 0 Å². The summed E-state index contributed by atoms with van der Waals surface area (Å²) in [6.07, 6.45) is 3.06. The Hall–Kier alpha value is -2.49. The first-order chi connectivity index (χ1) is 11.8. The fourth-order valence-corrected chi connectivity index (χ4v) is 3.54. The number of amides is 1. The van der Waals surface area contributed by atoms with Gasteiger partial charge in [0.2, 0.25) is 5.91 Å². The Balaban J connectivity index is 1.44. The van der Waals surface area contributed by atoms with Crippen LogP contribution in [0, 0.1) is 0 Å². The summed E-state index contributed by atoms with van der Waals surface area (Å²) in [6, 6.07) is 14.1. The van der Waals surface area contributed by atoms with Gasteiger partial charge in [-0.05, 0) is 48.1 Å². The molecule has 2 aliphatic rings. The molecule has 4 rings (SSSR count). The molecule has 24 heavy (non-hydrogen) atoms. The van der Waals surface area contributed by atoms with E-state index in [1.807, 2.05) is 30.3 Å². The van der Waals surface area contributed by atoms with Crippen LogP contribution < -0.4 is 14.8 Å². The van der Waals surface area contributed by atoms with Crippen LogP contribution in [0.1, 0.15) is 35.4 Å². The molecule has 1 amide bonds. The molecule has 0 aromatic heterocycles. The van der Waals surface area contributed by atoms with Gasteiger partial charge in [0, 0.05) is 6.54 Å². The van der Waals surface area contributed by atoms with Crippen molar-refractivity contribution in [2.45, 2.75) is 31.7 Å². The summed E-state index contributed by atoms with van der Waals surface area (Å²) in [7, 11) is 0. The third-order valence-electron chi connectivity index (χ3n) is 4.76. The van der Waals surface area contributed by atoms with Crippen LogP contribution in [0.3, 0.4) is 0 Å². The van der Waals surface area contributed by atoms with E-state index in [1.54, 1.807) is 0 Å². The van der Waals surface area contributed by atoms with Gasteiger partial charge in [0.1, 0.15) is 13.2 Å². The van der Waals surface area contributed by atoms with E-state index in [0.29, 0.717) is 19.8 Å². The van der Waals surface area contributed by atoms with E-state index in [2.05, 4.69) is 17.4 Å². The van der Waals surface area contributed by atoms with E-state index in [4.69, 9.17) is 9.47 Å². The highest BCUT2D eigenvalue weighted by Crippen LogP contribution is 2.32. The minimum atomic E-state index is -0.0350. The molecule has 0 spiro atoms. The van der Waals surface area contributed by atoms with Crippen LogP contribution in [-0.4, -0.2) is 19.1 Å². The molecule has 4 nitrogen and oxygen atoms in total. The third kappa shape index (κ3) is 2.96. The number of benzene rings is 2. The van der Waals surface area contributed by atoms with Gasteiger partial charge < -0.3 is 14.8 Å². The number of carbonyl (C=O) groups excluding carboxylic acids is 1. The summed E-state index contributed by atoms with van der Waals surface area (Å²) in [6.45, 7) is 1.67. The number of ether oxygens (including phenoxy) is 2. The second-order valence-corrected chi connectivity index (χ2v) is 6.34.